The van der Waals surface area contributed by atoms with Crippen LogP contribution in [0.5, 0.6) is 0 Å². The van der Waals surface area contributed by atoms with E-state index in [0.29, 0.717) is 17.9 Å². The maximum absolute atomic E-state index is 13.2. The van der Waals surface area contributed by atoms with Crippen molar-refractivity contribution >= 4 is 17.9 Å². The molecule has 1 heterocycles. The highest BCUT2D eigenvalue weighted by atomic mass is 16.3. The highest BCUT2D eigenvalue weighted by molar-refractivity contribution is 6.05. The minimum atomic E-state index is -0.396. The number of nitrogens with one attached hydrogen (secondary N) is 2. The molecule has 164 valence electrons. The summed E-state index contributed by atoms with van der Waals surface area (Å²) in [5.41, 5.74) is 2.75. The van der Waals surface area contributed by atoms with Gasteiger partial charge in [-0.25, -0.2) is 0 Å². The van der Waals surface area contributed by atoms with E-state index >= 15 is 0 Å². The van der Waals surface area contributed by atoms with Gasteiger partial charge in [0.05, 0.1) is 6.26 Å². The lowest BCUT2D eigenvalue weighted by Crippen LogP contribution is -2.37. The Hall–Kier alpha value is -4.38. The van der Waals surface area contributed by atoms with Gasteiger partial charge in [-0.05, 0) is 35.4 Å². The van der Waals surface area contributed by atoms with Gasteiger partial charge in [0.1, 0.15) is 11.5 Å². The predicted molar refractivity (Wildman–Crippen MR) is 128 cm³/mol. The quantitative estimate of drug-likeness (QED) is 0.382. The van der Waals surface area contributed by atoms with Crippen LogP contribution in [0.2, 0.25) is 0 Å². The van der Waals surface area contributed by atoms with Crippen LogP contribution in [0.15, 0.2) is 120 Å². The highest BCUT2D eigenvalue weighted by Crippen LogP contribution is 2.23. The second kappa shape index (κ2) is 10.8. The number of carbonyl (C=O) groups excluding carboxylic acids is 2. The van der Waals surface area contributed by atoms with E-state index in [2.05, 4.69) is 10.6 Å². The summed E-state index contributed by atoms with van der Waals surface area (Å²) in [6.07, 6.45) is 3.04. The van der Waals surface area contributed by atoms with Crippen LogP contribution < -0.4 is 10.6 Å². The molecule has 4 aromatic rings. The smallest absolute Gasteiger partial charge is 0.267 e. The molecule has 0 aliphatic heterocycles. The van der Waals surface area contributed by atoms with Crippen molar-refractivity contribution in [2.24, 2.45) is 0 Å². The van der Waals surface area contributed by atoms with Gasteiger partial charge in [-0.15, -0.1) is 0 Å². The van der Waals surface area contributed by atoms with Crippen molar-refractivity contribution in [2.45, 2.75) is 5.92 Å². The van der Waals surface area contributed by atoms with E-state index in [1.807, 2.05) is 66.7 Å². The average molecular weight is 437 g/mol. The SMILES string of the molecule is O=C(NCC(c1ccccc1)c1ccccc1)C(=Cc1ccco1)NC(=O)c1ccccc1. The molecule has 1 aromatic heterocycles. The molecule has 0 saturated carbocycles. The Kier molecular flexibility index (Phi) is 7.13. The maximum Gasteiger partial charge on any atom is 0.267 e. The van der Waals surface area contributed by atoms with Crippen molar-refractivity contribution in [3.05, 3.63) is 138 Å². The van der Waals surface area contributed by atoms with Crippen LogP contribution in [0.25, 0.3) is 6.08 Å². The van der Waals surface area contributed by atoms with Gasteiger partial charge in [0, 0.05) is 24.1 Å². The van der Waals surface area contributed by atoms with Crippen molar-refractivity contribution in [1.82, 2.24) is 10.6 Å². The van der Waals surface area contributed by atoms with Gasteiger partial charge in [-0.3, -0.25) is 9.59 Å². The van der Waals surface area contributed by atoms with Crippen molar-refractivity contribution in [3.8, 4) is 0 Å². The number of carbonyl (C=O) groups is 2. The molecule has 0 spiro atoms. The van der Waals surface area contributed by atoms with Crippen LogP contribution in [0.1, 0.15) is 33.2 Å². The van der Waals surface area contributed by atoms with Gasteiger partial charge in [0.2, 0.25) is 0 Å². The lowest BCUT2D eigenvalue weighted by molar-refractivity contribution is -0.117. The van der Waals surface area contributed by atoms with Crippen molar-refractivity contribution < 1.29 is 14.0 Å². The molecule has 0 unspecified atom stereocenters. The Morgan fingerprint density at radius 2 is 1.33 bits per heavy atom. The molecule has 0 atom stereocenters. The molecule has 0 aliphatic carbocycles. The Morgan fingerprint density at radius 3 is 1.88 bits per heavy atom. The molecule has 2 N–H and O–H groups in total. The molecule has 0 radical (unpaired) electrons. The molecule has 0 fully saturated rings. The Morgan fingerprint density at radius 1 is 0.758 bits per heavy atom. The molecule has 33 heavy (non-hydrogen) atoms. The van der Waals surface area contributed by atoms with E-state index in [9.17, 15) is 9.59 Å². The van der Waals surface area contributed by atoms with Crippen LogP contribution in [-0.2, 0) is 4.79 Å². The van der Waals surface area contributed by atoms with E-state index < -0.39 is 5.91 Å². The monoisotopic (exact) mass is 436 g/mol. The largest absolute Gasteiger partial charge is 0.465 e. The topological polar surface area (TPSA) is 71.3 Å². The van der Waals surface area contributed by atoms with E-state index in [1.54, 1.807) is 36.4 Å². The number of hydrogen-bond donors (Lipinski definition) is 2. The average Bonchev–Trinajstić information content (AvgIpc) is 3.39. The number of hydrogen-bond acceptors (Lipinski definition) is 3. The summed E-state index contributed by atoms with van der Waals surface area (Å²) < 4.78 is 5.36. The normalized spacial score (nSPS) is 11.2. The lowest BCUT2D eigenvalue weighted by atomic mass is 9.91. The lowest BCUT2D eigenvalue weighted by Gasteiger charge is -2.19. The summed E-state index contributed by atoms with van der Waals surface area (Å²) in [6, 6.07) is 32.2. The maximum atomic E-state index is 13.2. The first kappa shape index (κ1) is 21.8. The van der Waals surface area contributed by atoms with E-state index in [1.165, 1.54) is 12.3 Å². The molecule has 0 aliphatic rings. The van der Waals surface area contributed by atoms with Crippen molar-refractivity contribution in [1.29, 1.82) is 0 Å². The molecule has 2 amide bonds. The molecule has 0 bridgehead atoms. The summed E-state index contributed by atoms with van der Waals surface area (Å²) in [5.74, 6) is -0.332. The van der Waals surface area contributed by atoms with Crippen molar-refractivity contribution in [3.63, 3.8) is 0 Å². The Labute approximate surface area is 192 Å². The summed E-state index contributed by atoms with van der Waals surface area (Å²) in [6.45, 7) is 0.365. The van der Waals surface area contributed by atoms with Gasteiger partial charge >= 0.3 is 0 Å². The van der Waals surface area contributed by atoms with E-state index in [0.717, 1.165) is 11.1 Å². The van der Waals surface area contributed by atoms with Crippen LogP contribution in [0.4, 0.5) is 0 Å². The third-order valence-corrected chi connectivity index (χ3v) is 5.23. The first-order valence-electron chi connectivity index (χ1n) is 10.7. The molecular weight excluding hydrogens is 412 g/mol. The molecule has 5 nitrogen and oxygen atoms in total. The zero-order valence-corrected chi connectivity index (χ0v) is 18.0. The third kappa shape index (κ3) is 5.86. The van der Waals surface area contributed by atoms with E-state index in [4.69, 9.17) is 4.42 Å². The van der Waals surface area contributed by atoms with Crippen LogP contribution in [0, 0.1) is 0 Å². The fourth-order valence-electron chi connectivity index (χ4n) is 3.55. The molecular formula is C28H24N2O3. The molecule has 5 heteroatoms. The minimum Gasteiger partial charge on any atom is -0.465 e. The zero-order chi connectivity index (χ0) is 22.9. The Balaban J connectivity index is 1.55. The highest BCUT2D eigenvalue weighted by Gasteiger charge is 2.19. The first-order valence-corrected chi connectivity index (χ1v) is 10.7. The number of amides is 2. The third-order valence-electron chi connectivity index (χ3n) is 5.23. The predicted octanol–water partition coefficient (Wildman–Crippen LogP) is 5.00. The molecule has 3 aromatic carbocycles. The summed E-state index contributed by atoms with van der Waals surface area (Å²) in [7, 11) is 0. The van der Waals surface area contributed by atoms with Gasteiger partial charge in [-0.1, -0.05) is 78.9 Å². The molecule has 4 rings (SSSR count). The van der Waals surface area contributed by atoms with Crippen LogP contribution in [-0.4, -0.2) is 18.4 Å². The van der Waals surface area contributed by atoms with Crippen LogP contribution >= 0.6 is 0 Å². The number of rotatable bonds is 8. The van der Waals surface area contributed by atoms with Crippen molar-refractivity contribution in [2.75, 3.05) is 6.54 Å². The second-order valence-electron chi connectivity index (χ2n) is 7.48. The Bertz CT molecular complexity index is 1160. The first-order chi connectivity index (χ1) is 16.2. The van der Waals surface area contributed by atoms with Gasteiger partial charge in [0.25, 0.3) is 11.8 Å². The summed E-state index contributed by atoms with van der Waals surface area (Å²) in [5, 5.41) is 5.71. The zero-order valence-electron chi connectivity index (χ0n) is 18.0. The van der Waals surface area contributed by atoms with E-state index in [-0.39, 0.29) is 17.5 Å². The fourth-order valence-corrected chi connectivity index (χ4v) is 3.55. The van der Waals surface area contributed by atoms with Crippen LogP contribution in [0.3, 0.4) is 0 Å². The van der Waals surface area contributed by atoms with Gasteiger partial charge in [-0.2, -0.15) is 0 Å². The molecule has 0 saturated heterocycles. The number of benzene rings is 3. The number of furan rings is 1. The summed E-state index contributed by atoms with van der Waals surface area (Å²) in [4.78, 5) is 25.9. The summed E-state index contributed by atoms with van der Waals surface area (Å²) >= 11 is 0. The van der Waals surface area contributed by atoms with Gasteiger partial charge < -0.3 is 15.1 Å². The fraction of sp³-hybridized carbons (Fsp3) is 0.0714. The van der Waals surface area contributed by atoms with Gasteiger partial charge in [0.15, 0.2) is 0 Å². The minimum absolute atomic E-state index is 0.0361. The standard InChI is InChI=1S/C28H24N2O3/c31-27(23-15-8-3-9-16-23)30-26(19-24-17-10-18-33-24)28(32)29-20-25(21-11-4-1-5-12-21)22-13-6-2-7-14-22/h1-19,25H,20H2,(H,29,32)(H,30,31). The second-order valence-corrected chi connectivity index (χ2v) is 7.48.